The van der Waals surface area contributed by atoms with Gasteiger partial charge in [-0.1, -0.05) is 78.7 Å². The van der Waals surface area contributed by atoms with Crippen LogP contribution in [0.4, 0.5) is 0 Å². The smallest absolute Gasteiger partial charge is 0.302 e. The van der Waals surface area contributed by atoms with Crippen molar-refractivity contribution in [1.82, 2.24) is 0 Å². The molecular weight excluding hydrogens is 416 g/mol. The van der Waals surface area contributed by atoms with Crippen molar-refractivity contribution in [2.24, 2.45) is 50.7 Å². The fraction of sp³-hybridized carbons (Fsp3) is 0.844. The molecule has 8 atom stereocenters. The first-order valence-corrected chi connectivity index (χ1v) is 14.3. The fourth-order valence-corrected chi connectivity index (χ4v) is 10.6. The van der Waals surface area contributed by atoms with E-state index in [2.05, 4.69) is 67.5 Å². The third-order valence-corrected chi connectivity index (χ3v) is 12.8. The first-order chi connectivity index (χ1) is 15.7. The van der Waals surface area contributed by atoms with Crippen molar-refractivity contribution in [3.05, 3.63) is 23.3 Å². The molecule has 0 amide bonds. The third kappa shape index (κ3) is 3.02. The Labute approximate surface area is 209 Å². The number of carbonyl (C=O) groups excluding carboxylic acids is 1. The maximum atomic E-state index is 11.9. The van der Waals surface area contributed by atoms with Crippen LogP contribution in [-0.4, -0.2) is 12.1 Å². The van der Waals surface area contributed by atoms with Crippen molar-refractivity contribution in [3.8, 4) is 0 Å². The van der Waals surface area contributed by atoms with Crippen molar-refractivity contribution in [3.63, 3.8) is 0 Å². The van der Waals surface area contributed by atoms with Crippen LogP contribution in [0.2, 0.25) is 0 Å². The SMILES string of the molecule is CC(=O)O[C@H]1CC[C@]2(C)C3=CC=C4[C@@H]5[C@@H](C(C)C)CC[C@]5(C)CC[C@@]4(C)[C@]3(C)CC[C@H]2C1(C)C. The van der Waals surface area contributed by atoms with Gasteiger partial charge in [-0.25, -0.2) is 0 Å². The van der Waals surface area contributed by atoms with Crippen LogP contribution in [0.1, 0.15) is 114 Å². The summed E-state index contributed by atoms with van der Waals surface area (Å²) in [5.41, 5.74) is 4.71. The zero-order chi connectivity index (χ0) is 24.9. The van der Waals surface area contributed by atoms with E-state index in [0.717, 1.165) is 30.6 Å². The lowest BCUT2D eigenvalue weighted by Crippen LogP contribution is -2.60. The summed E-state index contributed by atoms with van der Waals surface area (Å²) >= 11 is 0. The Morgan fingerprint density at radius 2 is 1.59 bits per heavy atom. The van der Waals surface area contributed by atoms with Gasteiger partial charge in [-0.3, -0.25) is 4.79 Å². The first-order valence-electron chi connectivity index (χ1n) is 14.3. The van der Waals surface area contributed by atoms with E-state index >= 15 is 0 Å². The Morgan fingerprint density at radius 1 is 0.882 bits per heavy atom. The van der Waals surface area contributed by atoms with Gasteiger partial charge < -0.3 is 4.74 Å². The molecule has 4 fully saturated rings. The minimum absolute atomic E-state index is 0.00502. The van der Waals surface area contributed by atoms with Gasteiger partial charge in [0.1, 0.15) is 6.10 Å². The average Bonchev–Trinajstić information content (AvgIpc) is 3.08. The Hall–Kier alpha value is -1.05. The number of fused-ring (bicyclic) bond motifs is 7. The predicted molar refractivity (Wildman–Crippen MR) is 140 cm³/mol. The summed E-state index contributed by atoms with van der Waals surface area (Å²) in [7, 11) is 0. The summed E-state index contributed by atoms with van der Waals surface area (Å²) < 4.78 is 5.89. The summed E-state index contributed by atoms with van der Waals surface area (Å²) in [6.45, 7) is 21.7. The molecule has 0 unspecified atom stereocenters. The van der Waals surface area contributed by atoms with E-state index in [0.29, 0.717) is 11.3 Å². The zero-order valence-electron chi connectivity index (χ0n) is 23.5. The Balaban J connectivity index is 1.59. The maximum absolute atomic E-state index is 11.9. The number of esters is 1. The number of ether oxygens (including phenoxy) is 1. The van der Waals surface area contributed by atoms with Gasteiger partial charge in [-0.2, -0.15) is 0 Å². The number of rotatable bonds is 2. The monoisotopic (exact) mass is 466 g/mol. The van der Waals surface area contributed by atoms with Crippen LogP contribution in [-0.2, 0) is 9.53 Å². The maximum Gasteiger partial charge on any atom is 0.302 e. The largest absolute Gasteiger partial charge is 0.462 e. The van der Waals surface area contributed by atoms with Gasteiger partial charge in [-0.15, -0.1) is 0 Å². The van der Waals surface area contributed by atoms with Crippen LogP contribution in [0.3, 0.4) is 0 Å². The highest BCUT2D eigenvalue weighted by Crippen LogP contribution is 2.75. The molecule has 5 rings (SSSR count). The van der Waals surface area contributed by atoms with Crippen LogP contribution in [0.15, 0.2) is 23.3 Å². The van der Waals surface area contributed by atoms with E-state index in [-0.39, 0.29) is 33.7 Å². The van der Waals surface area contributed by atoms with Crippen LogP contribution in [0.5, 0.6) is 0 Å². The molecule has 0 saturated heterocycles. The molecule has 2 nitrogen and oxygen atoms in total. The van der Waals surface area contributed by atoms with Gasteiger partial charge in [0.05, 0.1) is 0 Å². The Kier molecular flexibility index (Phi) is 5.42. The second-order valence-corrected chi connectivity index (χ2v) is 14.9. The van der Waals surface area contributed by atoms with Gasteiger partial charge in [0.15, 0.2) is 0 Å². The molecule has 4 saturated carbocycles. The number of hydrogen-bond acceptors (Lipinski definition) is 2. The molecule has 0 aliphatic heterocycles. The van der Waals surface area contributed by atoms with Crippen molar-refractivity contribution in [1.29, 1.82) is 0 Å². The van der Waals surface area contributed by atoms with Gasteiger partial charge in [0.2, 0.25) is 0 Å². The van der Waals surface area contributed by atoms with E-state index in [4.69, 9.17) is 4.74 Å². The van der Waals surface area contributed by atoms with Gasteiger partial charge in [0, 0.05) is 12.3 Å². The molecule has 0 bridgehead atoms. The lowest BCUT2D eigenvalue weighted by molar-refractivity contribution is -0.171. The molecule has 5 aliphatic rings. The summed E-state index contributed by atoms with van der Waals surface area (Å²) in [6.07, 6.45) is 15.5. The second kappa shape index (κ2) is 7.48. The minimum Gasteiger partial charge on any atom is -0.462 e. The summed E-state index contributed by atoms with van der Waals surface area (Å²) in [6, 6.07) is 0. The molecule has 190 valence electrons. The molecule has 0 heterocycles. The highest BCUT2D eigenvalue weighted by Gasteiger charge is 2.66. The molecular formula is C32H50O2. The average molecular weight is 467 g/mol. The third-order valence-electron chi connectivity index (χ3n) is 12.8. The van der Waals surface area contributed by atoms with Crippen LogP contribution >= 0.6 is 0 Å². The van der Waals surface area contributed by atoms with Gasteiger partial charge in [-0.05, 0) is 96.7 Å². The zero-order valence-corrected chi connectivity index (χ0v) is 23.5. The van der Waals surface area contributed by atoms with E-state index in [1.165, 1.54) is 38.5 Å². The summed E-state index contributed by atoms with van der Waals surface area (Å²) in [5.74, 6) is 2.78. The lowest BCUT2D eigenvalue weighted by Gasteiger charge is -2.67. The van der Waals surface area contributed by atoms with Gasteiger partial charge >= 0.3 is 5.97 Å². The molecule has 0 N–H and O–H groups in total. The molecule has 5 aliphatic carbocycles. The molecule has 34 heavy (non-hydrogen) atoms. The normalized spacial score (nSPS) is 49.2. The fourth-order valence-electron chi connectivity index (χ4n) is 10.6. The number of carbonyl (C=O) groups is 1. The van der Waals surface area contributed by atoms with Crippen LogP contribution in [0, 0.1) is 50.7 Å². The topological polar surface area (TPSA) is 26.3 Å². The van der Waals surface area contributed by atoms with Crippen molar-refractivity contribution in [2.75, 3.05) is 0 Å². The van der Waals surface area contributed by atoms with E-state index in [1.807, 2.05) is 0 Å². The van der Waals surface area contributed by atoms with E-state index in [9.17, 15) is 4.79 Å². The standard InChI is InChI=1S/C32H50O2/c1-20(2)22-12-15-29(6)18-19-31(8)23(27(22)29)10-11-25-30(7)16-14-26(34-21(3)33)28(4,5)24(30)13-17-32(25,31)9/h10-11,20,22,24,26-27H,12-19H2,1-9H3/t22-,24+,26+,27+,29-,30+,31-,32-/m1/s1. The van der Waals surface area contributed by atoms with E-state index in [1.54, 1.807) is 18.1 Å². The Morgan fingerprint density at radius 3 is 2.24 bits per heavy atom. The molecule has 2 heteroatoms. The summed E-state index contributed by atoms with van der Waals surface area (Å²) in [5, 5.41) is 0. The number of allylic oxidation sites excluding steroid dienone is 4. The second-order valence-electron chi connectivity index (χ2n) is 14.9. The molecule has 0 radical (unpaired) electrons. The van der Waals surface area contributed by atoms with Crippen LogP contribution in [0.25, 0.3) is 0 Å². The Bertz CT molecular complexity index is 939. The predicted octanol–water partition coefficient (Wildman–Crippen LogP) is 8.52. The van der Waals surface area contributed by atoms with Crippen molar-refractivity contribution < 1.29 is 9.53 Å². The van der Waals surface area contributed by atoms with Crippen molar-refractivity contribution >= 4 is 5.97 Å². The van der Waals surface area contributed by atoms with Crippen molar-refractivity contribution in [2.45, 2.75) is 120 Å². The molecule has 0 aromatic carbocycles. The molecule has 0 aromatic rings. The van der Waals surface area contributed by atoms with Gasteiger partial charge in [0.25, 0.3) is 0 Å². The highest BCUT2D eigenvalue weighted by atomic mass is 16.5. The molecule has 0 aromatic heterocycles. The minimum atomic E-state index is -0.124. The van der Waals surface area contributed by atoms with Crippen LogP contribution < -0.4 is 0 Å². The first kappa shape index (κ1) is 24.6. The lowest BCUT2D eigenvalue weighted by atomic mass is 9.37. The summed E-state index contributed by atoms with van der Waals surface area (Å²) in [4.78, 5) is 11.9. The quantitative estimate of drug-likeness (QED) is 0.381. The number of hydrogen-bond donors (Lipinski definition) is 0. The molecule has 0 spiro atoms. The highest BCUT2D eigenvalue weighted by molar-refractivity contribution is 5.66. The van der Waals surface area contributed by atoms with E-state index < -0.39 is 0 Å².